The third kappa shape index (κ3) is 2.99. The molecule has 6 heteroatoms. The summed E-state index contributed by atoms with van der Waals surface area (Å²) in [5.41, 5.74) is 0.879. The number of amides is 3. The van der Waals surface area contributed by atoms with Crippen LogP contribution in [0.3, 0.4) is 0 Å². The Hall–Kier alpha value is -2.66. The summed E-state index contributed by atoms with van der Waals surface area (Å²) in [6.07, 6.45) is 0. The summed E-state index contributed by atoms with van der Waals surface area (Å²) in [5.74, 6) is -0.793. The maximum absolute atomic E-state index is 13.0. The molecule has 1 aliphatic heterocycles. The van der Waals surface area contributed by atoms with Crippen molar-refractivity contribution in [2.24, 2.45) is 0 Å². The van der Waals surface area contributed by atoms with Gasteiger partial charge < -0.3 is 5.32 Å². The lowest BCUT2D eigenvalue weighted by molar-refractivity contribution is -0.131. The van der Waals surface area contributed by atoms with Gasteiger partial charge >= 0.3 is 6.03 Å². The van der Waals surface area contributed by atoms with E-state index in [4.69, 9.17) is 11.6 Å². The van der Waals surface area contributed by atoms with Gasteiger partial charge in [-0.1, -0.05) is 53.6 Å². The number of hydrogen-bond acceptors (Lipinski definition) is 3. The second-order valence-corrected chi connectivity index (χ2v) is 7.08. The molecule has 2 aromatic rings. The first kappa shape index (κ1) is 18.1. The van der Waals surface area contributed by atoms with Crippen molar-refractivity contribution in [2.75, 3.05) is 0 Å². The maximum Gasteiger partial charge on any atom is 0.325 e. The Balaban J connectivity index is 1.91. The molecule has 134 valence electrons. The second-order valence-electron chi connectivity index (χ2n) is 6.65. The zero-order valence-electron chi connectivity index (χ0n) is 14.7. The Kier molecular flexibility index (Phi) is 4.59. The van der Waals surface area contributed by atoms with Gasteiger partial charge in [0.2, 0.25) is 0 Å². The van der Waals surface area contributed by atoms with E-state index in [0.29, 0.717) is 16.1 Å². The molecule has 1 aliphatic rings. The van der Waals surface area contributed by atoms with Crippen LogP contribution in [0.2, 0.25) is 5.02 Å². The smallest absolute Gasteiger partial charge is 0.319 e. The lowest BCUT2D eigenvalue weighted by Gasteiger charge is -2.24. The van der Waals surface area contributed by atoms with Gasteiger partial charge in [0.05, 0.1) is 0 Å². The van der Waals surface area contributed by atoms with Gasteiger partial charge in [0.1, 0.15) is 11.6 Å². The SMILES string of the molecule is Cc1ccc([C@@]2(C)NC(=O)N([C@H](C)C(=O)c3cccc(Cl)c3)C2=O)cc1. The number of urea groups is 1. The largest absolute Gasteiger partial charge is 0.325 e. The second kappa shape index (κ2) is 6.57. The van der Waals surface area contributed by atoms with E-state index in [1.54, 1.807) is 44.2 Å². The molecular formula is C20H19ClN2O3. The average Bonchev–Trinajstić information content (AvgIpc) is 2.84. The Bertz CT molecular complexity index is 894. The van der Waals surface area contributed by atoms with Gasteiger partial charge in [-0.3, -0.25) is 14.5 Å². The zero-order valence-corrected chi connectivity index (χ0v) is 15.5. The Morgan fingerprint density at radius 3 is 2.42 bits per heavy atom. The van der Waals surface area contributed by atoms with Crippen molar-refractivity contribution in [1.82, 2.24) is 10.2 Å². The van der Waals surface area contributed by atoms with E-state index in [2.05, 4.69) is 5.32 Å². The number of halogens is 1. The molecule has 1 fully saturated rings. The predicted molar refractivity (Wildman–Crippen MR) is 99.2 cm³/mol. The Morgan fingerprint density at radius 2 is 1.81 bits per heavy atom. The third-order valence-electron chi connectivity index (χ3n) is 4.73. The Morgan fingerprint density at radius 1 is 1.15 bits per heavy atom. The highest BCUT2D eigenvalue weighted by Gasteiger charge is 2.51. The normalized spacial score (nSPS) is 20.8. The van der Waals surface area contributed by atoms with E-state index >= 15 is 0 Å². The molecule has 2 aromatic carbocycles. The fourth-order valence-corrected chi connectivity index (χ4v) is 3.29. The number of imide groups is 1. The number of nitrogens with one attached hydrogen (secondary N) is 1. The van der Waals surface area contributed by atoms with Crippen molar-refractivity contribution in [3.05, 3.63) is 70.2 Å². The van der Waals surface area contributed by atoms with E-state index in [1.165, 1.54) is 6.07 Å². The first-order chi connectivity index (χ1) is 12.2. The molecule has 1 saturated heterocycles. The van der Waals surface area contributed by atoms with Crippen molar-refractivity contribution >= 4 is 29.3 Å². The lowest BCUT2D eigenvalue weighted by Crippen LogP contribution is -2.45. The number of aryl methyl sites for hydroxylation is 1. The summed E-state index contributed by atoms with van der Waals surface area (Å²) < 4.78 is 0. The van der Waals surface area contributed by atoms with E-state index in [0.717, 1.165) is 10.5 Å². The highest BCUT2D eigenvalue weighted by atomic mass is 35.5. The lowest BCUT2D eigenvalue weighted by atomic mass is 9.91. The summed E-state index contributed by atoms with van der Waals surface area (Å²) in [6, 6.07) is 12.3. The fourth-order valence-electron chi connectivity index (χ4n) is 3.10. The van der Waals surface area contributed by atoms with E-state index in [9.17, 15) is 14.4 Å². The number of hydrogen-bond donors (Lipinski definition) is 1. The van der Waals surface area contributed by atoms with E-state index in [1.807, 2.05) is 19.1 Å². The molecule has 0 saturated carbocycles. The molecule has 0 radical (unpaired) electrons. The minimum atomic E-state index is -1.20. The molecule has 3 rings (SSSR count). The summed E-state index contributed by atoms with van der Waals surface area (Å²) in [5, 5.41) is 3.14. The first-order valence-electron chi connectivity index (χ1n) is 8.27. The third-order valence-corrected chi connectivity index (χ3v) is 4.96. The van der Waals surface area contributed by atoms with Gasteiger partial charge in [-0.15, -0.1) is 0 Å². The zero-order chi connectivity index (χ0) is 19.1. The number of carbonyl (C=O) groups excluding carboxylic acids is 3. The van der Waals surface area contributed by atoms with Crippen LogP contribution in [0, 0.1) is 6.92 Å². The van der Waals surface area contributed by atoms with Gasteiger partial charge in [0, 0.05) is 10.6 Å². The van der Waals surface area contributed by atoms with Crippen LogP contribution in [-0.4, -0.2) is 28.7 Å². The number of rotatable bonds is 4. The molecule has 1 heterocycles. The van der Waals surface area contributed by atoms with Gasteiger partial charge in [-0.25, -0.2) is 4.79 Å². The molecule has 1 N–H and O–H groups in total. The standard InChI is InChI=1S/C20H19ClN2O3/c1-12-7-9-15(10-8-12)20(3)18(25)23(19(26)22-20)13(2)17(24)14-5-4-6-16(21)11-14/h4-11,13H,1-3H3,(H,22,26)/t13-,20-/m1/s1. The molecule has 0 unspecified atom stereocenters. The molecule has 0 aromatic heterocycles. The molecule has 5 nitrogen and oxygen atoms in total. The van der Waals surface area contributed by atoms with Crippen molar-refractivity contribution in [3.8, 4) is 0 Å². The summed E-state index contributed by atoms with van der Waals surface area (Å²) in [4.78, 5) is 39.3. The molecule has 0 aliphatic carbocycles. The summed E-state index contributed by atoms with van der Waals surface area (Å²) >= 11 is 5.94. The number of Topliss-reactive ketones (excluding diaryl/α,β-unsaturated/α-hetero) is 1. The molecular weight excluding hydrogens is 352 g/mol. The van der Waals surface area contributed by atoms with Crippen molar-refractivity contribution in [3.63, 3.8) is 0 Å². The minimum Gasteiger partial charge on any atom is -0.319 e. The van der Waals surface area contributed by atoms with Crippen molar-refractivity contribution < 1.29 is 14.4 Å². The topological polar surface area (TPSA) is 66.5 Å². The molecule has 0 spiro atoms. The highest BCUT2D eigenvalue weighted by Crippen LogP contribution is 2.31. The van der Waals surface area contributed by atoms with Crippen LogP contribution >= 0.6 is 11.6 Å². The van der Waals surface area contributed by atoms with E-state index in [-0.39, 0.29) is 5.78 Å². The summed E-state index contributed by atoms with van der Waals surface area (Å²) in [7, 11) is 0. The van der Waals surface area contributed by atoms with Crippen molar-refractivity contribution in [2.45, 2.75) is 32.4 Å². The number of nitrogens with zero attached hydrogens (tertiary/aromatic N) is 1. The fraction of sp³-hybridized carbons (Fsp3) is 0.250. The maximum atomic E-state index is 13.0. The van der Waals surface area contributed by atoms with Gasteiger partial charge in [-0.05, 0) is 38.5 Å². The van der Waals surface area contributed by atoms with Crippen LogP contribution in [0.5, 0.6) is 0 Å². The van der Waals surface area contributed by atoms with Crippen molar-refractivity contribution in [1.29, 1.82) is 0 Å². The quantitative estimate of drug-likeness (QED) is 0.659. The van der Waals surface area contributed by atoms with Crippen LogP contribution in [0.4, 0.5) is 4.79 Å². The monoisotopic (exact) mass is 370 g/mol. The molecule has 0 bridgehead atoms. The predicted octanol–water partition coefficient (Wildman–Crippen LogP) is 3.69. The van der Waals surface area contributed by atoms with Gasteiger partial charge in [-0.2, -0.15) is 0 Å². The van der Waals surface area contributed by atoms with Gasteiger partial charge in [0.25, 0.3) is 5.91 Å². The number of carbonyl (C=O) groups is 3. The molecule has 3 amide bonds. The van der Waals surface area contributed by atoms with Crippen LogP contribution in [-0.2, 0) is 10.3 Å². The van der Waals surface area contributed by atoms with Crippen LogP contribution in [0.1, 0.15) is 35.3 Å². The highest BCUT2D eigenvalue weighted by molar-refractivity contribution is 6.31. The van der Waals surface area contributed by atoms with E-state index < -0.39 is 23.5 Å². The molecule has 2 atom stereocenters. The summed E-state index contributed by atoms with van der Waals surface area (Å²) in [6.45, 7) is 5.13. The molecule has 26 heavy (non-hydrogen) atoms. The number of ketones is 1. The van der Waals surface area contributed by atoms with Crippen LogP contribution in [0.15, 0.2) is 48.5 Å². The Labute approximate surface area is 156 Å². The van der Waals surface area contributed by atoms with Gasteiger partial charge in [0.15, 0.2) is 5.78 Å². The number of benzene rings is 2. The van der Waals surface area contributed by atoms with Crippen LogP contribution < -0.4 is 5.32 Å². The first-order valence-corrected chi connectivity index (χ1v) is 8.64. The van der Waals surface area contributed by atoms with Crippen LogP contribution in [0.25, 0.3) is 0 Å². The minimum absolute atomic E-state index is 0.343. The average molecular weight is 371 g/mol.